The van der Waals surface area contributed by atoms with Crippen molar-refractivity contribution in [2.24, 2.45) is 0 Å². The molecule has 0 saturated heterocycles. The summed E-state index contributed by atoms with van der Waals surface area (Å²) in [4.78, 5) is 11.5. The molecule has 0 unspecified atom stereocenters. The lowest BCUT2D eigenvalue weighted by atomic mass is 10.1. The Hall–Kier alpha value is -0.570. The minimum Gasteiger partial charge on any atom is -0.376 e. The Balaban J connectivity index is 3.44. The standard InChI is InChI=1S/C14H29NO2/c1-13(2,3)15-12(16)10-8-7-9-11-17-14(4,5)6/h7-11H2,1-6H3,(H,15,16). The maximum absolute atomic E-state index is 11.5. The van der Waals surface area contributed by atoms with Crippen molar-refractivity contribution in [3.05, 3.63) is 0 Å². The Morgan fingerprint density at radius 3 is 2.06 bits per heavy atom. The Bertz CT molecular complexity index is 223. The molecule has 0 aliphatic carbocycles. The van der Waals surface area contributed by atoms with Crippen molar-refractivity contribution in [3.63, 3.8) is 0 Å². The SMILES string of the molecule is CC(C)(C)NC(=O)CCCCCOC(C)(C)C. The molecule has 0 saturated carbocycles. The molecule has 0 heterocycles. The second-order valence-corrected chi connectivity index (χ2v) is 6.57. The van der Waals surface area contributed by atoms with Gasteiger partial charge in [0.05, 0.1) is 5.60 Å². The van der Waals surface area contributed by atoms with E-state index in [1.165, 1.54) is 0 Å². The van der Waals surface area contributed by atoms with E-state index >= 15 is 0 Å². The molecule has 1 amide bonds. The number of ether oxygens (including phenoxy) is 1. The van der Waals surface area contributed by atoms with Crippen molar-refractivity contribution in [2.75, 3.05) is 6.61 Å². The van der Waals surface area contributed by atoms with Gasteiger partial charge in [0.15, 0.2) is 0 Å². The highest BCUT2D eigenvalue weighted by Crippen LogP contribution is 2.09. The van der Waals surface area contributed by atoms with Crippen LogP contribution in [0.2, 0.25) is 0 Å². The summed E-state index contributed by atoms with van der Waals surface area (Å²) in [7, 11) is 0. The van der Waals surface area contributed by atoms with Crippen molar-refractivity contribution in [1.29, 1.82) is 0 Å². The Morgan fingerprint density at radius 2 is 1.59 bits per heavy atom. The summed E-state index contributed by atoms with van der Waals surface area (Å²) in [6.07, 6.45) is 3.63. The molecule has 0 rings (SSSR count). The van der Waals surface area contributed by atoms with Gasteiger partial charge < -0.3 is 10.1 Å². The molecule has 0 fully saturated rings. The summed E-state index contributed by atoms with van der Waals surface area (Å²) >= 11 is 0. The summed E-state index contributed by atoms with van der Waals surface area (Å²) in [5.74, 6) is 0.147. The number of nitrogens with one attached hydrogen (secondary N) is 1. The molecular weight excluding hydrogens is 214 g/mol. The van der Waals surface area contributed by atoms with Crippen LogP contribution in [0.5, 0.6) is 0 Å². The molecule has 0 spiro atoms. The monoisotopic (exact) mass is 243 g/mol. The summed E-state index contributed by atoms with van der Waals surface area (Å²) in [6, 6.07) is 0. The van der Waals surface area contributed by atoms with Gasteiger partial charge in [-0.25, -0.2) is 0 Å². The number of amides is 1. The van der Waals surface area contributed by atoms with Crippen LogP contribution in [0, 0.1) is 0 Å². The highest BCUT2D eigenvalue weighted by atomic mass is 16.5. The molecule has 0 bridgehead atoms. The van der Waals surface area contributed by atoms with Crippen molar-refractivity contribution in [1.82, 2.24) is 5.32 Å². The minimum atomic E-state index is -0.119. The molecule has 102 valence electrons. The van der Waals surface area contributed by atoms with Gasteiger partial charge in [0.1, 0.15) is 0 Å². The highest BCUT2D eigenvalue weighted by Gasteiger charge is 2.13. The molecular formula is C14H29NO2. The fraction of sp³-hybridized carbons (Fsp3) is 0.929. The van der Waals surface area contributed by atoms with Crippen LogP contribution in [0.1, 0.15) is 67.2 Å². The lowest BCUT2D eigenvalue weighted by molar-refractivity contribution is -0.122. The van der Waals surface area contributed by atoms with Gasteiger partial charge in [0.2, 0.25) is 5.91 Å². The lowest BCUT2D eigenvalue weighted by Gasteiger charge is -2.20. The van der Waals surface area contributed by atoms with E-state index in [1.807, 2.05) is 20.8 Å². The third-order valence-electron chi connectivity index (χ3n) is 2.10. The zero-order valence-corrected chi connectivity index (χ0v) is 12.4. The van der Waals surface area contributed by atoms with Crippen LogP contribution in [0.25, 0.3) is 0 Å². The predicted molar refractivity (Wildman–Crippen MR) is 72.1 cm³/mol. The summed E-state index contributed by atoms with van der Waals surface area (Å²) in [5.41, 5.74) is -0.171. The van der Waals surface area contributed by atoms with Crippen LogP contribution in [-0.4, -0.2) is 23.7 Å². The highest BCUT2D eigenvalue weighted by molar-refractivity contribution is 5.76. The summed E-state index contributed by atoms with van der Waals surface area (Å²) in [5, 5.41) is 2.96. The molecule has 0 aliphatic heterocycles. The average Bonchev–Trinajstić information content (AvgIpc) is 2.06. The molecule has 0 aromatic carbocycles. The number of rotatable bonds is 6. The fourth-order valence-electron chi connectivity index (χ4n) is 1.42. The van der Waals surface area contributed by atoms with Crippen LogP contribution >= 0.6 is 0 Å². The first kappa shape index (κ1) is 16.4. The molecule has 3 nitrogen and oxygen atoms in total. The first-order chi connectivity index (χ1) is 7.60. The molecule has 17 heavy (non-hydrogen) atoms. The maximum atomic E-state index is 11.5. The van der Waals surface area contributed by atoms with Crippen molar-refractivity contribution in [3.8, 4) is 0 Å². The Labute approximate surface area is 106 Å². The van der Waals surface area contributed by atoms with E-state index in [4.69, 9.17) is 4.74 Å². The van der Waals surface area contributed by atoms with Crippen LogP contribution in [0.15, 0.2) is 0 Å². The van der Waals surface area contributed by atoms with Gasteiger partial charge >= 0.3 is 0 Å². The van der Waals surface area contributed by atoms with Gasteiger partial charge in [-0.05, 0) is 54.4 Å². The van der Waals surface area contributed by atoms with Gasteiger partial charge in [-0.15, -0.1) is 0 Å². The molecule has 0 radical (unpaired) electrons. The van der Waals surface area contributed by atoms with Crippen LogP contribution in [-0.2, 0) is 9.53 Å². The van der Waals surface area contributed by atoms with Crippen LogP contribution < -0.4 is 5.32 Å². The van der Waals surface area contributed by atoms with Crippen molar-refractivity contribution < 1.29 is 9.53 Å². The van der Waals surface area contributed by atoms with E-state index in [9.17, 15) is 4.79 Å². The lowest BCUT2D eigenvalue weighted by Crippen LogP contribution is -2.40. The van der Waals surface area contributed by atoms with Crippen molar-refractivity contribution in [2.45, 2.75) is 78.4 Å². The number of hydrogen-bond donors (Lipinski definition) is 1. The largest absolute Gasteiger partial charge is 0.376 e. The topological polar surface area (TPSA) is 38.3 Å². The minimum absolute atomic E-state index is 0.0520. The number of hydrogen-bond acceptors (Lipinski definition) is 2. The van der Waals surface area contributed by atoms with Gasteiger partial charge in [-0.3, -0.25) is 4.79 Å². The maximum Gasteiger partial charge on any atom is 0.220 e. The van der Waals surface area contributed by atoms with E-state index < -0.39 is 0 Å². The predicted octanol–water partition coefficient (Wildman–Crippen LogP) is 3.28. The van der Waals surface area contributed by atoms with Crippen LogP contribution in [0.4, 0.5) is 0 Å². The molecule has 0 aliphatic rings. The average molecular weight is 243 g/mol. The molecule has 0 atom stereocenters. The summed E-state index contributed by atoms with van der Waals surface area (Å²) < 4.78 is 5.62. The fourth-order valence-corrected chi connectivity index (χ4v) is 1.42. The van der Waals surface area contributed by atoms with E-state index in [2.05, 4.69) is 26.1 Å². The third-order valence-corrected chi connectivity index (χ3v) is 2.10. The van der Waals surface area contributed by atoms with Gasteiger partial charge in [0, 0.05) is 18.6 Å². The van der Waals surface area contributed by atoms with Gasteiger partial charge in [-0.1, -0.05) is 6.42 Å². The van der Waals surface area contributed by atoms with Gasteiger partial charge in [-0.2, -0.15) is 0 Å². The second kappa shape index (κ2) is 7.00. The molecule has 0 aromatic heterocycles. The Kier molecular flexibility index (Phi) is 6.76. The zero-order chi connectivity index (χ0) is 13.5. The smallest absolute Gasteiger partial charge is 0.220 e. The quantitative estimate of drug-likeness (QED) is 0.727. The zero-order valence-electron chi connectivity index (χ0n) is 12.4. The van der Waals surface area contributed by atoms with E-state index in [0.29, 0.717) is 6.42 Å². The molecule has 0 aromatic rings. The normalized spacial score (nSPS) is 12.6. The molecule has 3 heteroatoms. The number of carbonyl (C=O) groups excluding carboxylic acids is 1. The summed E-state index contributed by atoms with van der Waals surface area (Å²) in [6.45, 7) is 13.0. The second-order valence-electron chi connectivity index (χ2n) is 6.57. The van der Waals surface area contributed by atoms with E-state index in [-0.39, 0.29) is 17.0 Å². The van der Waals surface area contributed by atoms with E-state index in [1.54, 1.807) is 0 Å². The third kappa shape index (κ3) is 13.4. The Morgan fingerprint density at radius 1 is 1.00 bits per heavy atom. The number of unbranched alkanes of at least 4 members (excludes halogenated alkanes) is 2. The van der Waals surface area contributed by atoms with Crippen molar-refractivity contribution >= 4 is 5.91 Å². The first-order valence-electron chi connectivity index (χ1n) is 6.55. The first-order valence-corrected chi connectivity index (χ1v) is 6.55. The molecule has 1 N–H and O–H groups in total. The van der Waals surface area contributed by atoms with E-state index in [0.717, 1.165) is 25.9 Å². The van der Waals surface area contributed by atoms with Crippen LogP contribution in [0.3, 0.4) is 0 Å². The van der Waals surface area contributed by atoms with Gasteiger partial charge in [0.25, 0.3) is 0 Å². The number of carbonyl (C=O) groups is 1.